The number of hydrogen-bond acceptors (Lipinski definition) is 4. The Morgan fingerprint density at radius 3 is 2.50 bits per heavy atom. The molecule has 0 heterocycles. The summed E-state index contributed by atoms with van der Waals surface area (Å²) in [6.45, 7) is 8.78. The van der Waals surface area contributed by atoms with Crippen LogP contribution in [-0.2, 0) is 18.6 Å². The molecule has 0 spiro atoms. The predicted molar refractivity (Wildman–Crippen MR) is 60.0 cm³/mol. The highest BCUT2D eigenvalue weighted by atomic mass is 31.1. The SMILES string of the molecule is C=C(C)C(=O)OC(C)(C)CCCO[P+](=O)O. The van der Waals surface area contributed by atoms with Gasteiger partial charge in [0, 0.05) is 10.1 Å². The second-order valence-corrected chi connectivity index (χ2v) is 4.84. The third-order valence-electron chi connectivity index (χ3n) is 1.84. The average molecular weight is 249 g/mol. The van der Waals surface area contributed by atoms with Gasteiger partial charge in [-0.3, -0.25) is 0 Å². The smallest absolute Gasteiger partial charge is 0.456 e. The molecule has 0 fully saturated rings. The predicted octanol–water partition coefficient (Wildman–Crippen LogP) is 2.33. The van der Waals surface area contributed by atoms with Gasteiger partial charge >= 0.3 is 14.2 Å². The highest BCUT2D eigenvalue weighted by Gasteiger charge is 2.23. The van der Waals surface area contributed by atoms with Crippen molar-refractivity contribution in [2.75, 3.05) is 6.61 Å². The summed E-state index contributed by atoms with van der Waals surface area (Å²) in [6.07, 6.45) is 1.09. The molecular weight excluding hydrogens is 231 g/mol. The van der Waals surface area contributed by atoms with Crippen molar-refractivity contribution in [2.24, 2.45) is 0 Å². The maximum atomic E-state index is 11.3. The number of carbonyl (C=O) groups is 1. The number of esters is 1. The van der Waals surface area contributed by atoms with Gasteiger partial charge in [0.2, 0.25) is 0 Å². The summed E-state index contributed by atoms with van der Waals surface area (Å²) < 4.78 is 19.9. The van der Waals surface area contributed by atoms with E-state index in [1.54, 1.807) is 20.8 Å². The molecule has 0 saturated heterocycles. The Labute approximate surface area is 96.4 Å². The molecule has 0 aromatic rings. The van der Waals surface area contributed by atoms with Crippen LogP contribution in [0, 0.1) is 0 Å². The Morgan fingerprint density at radius 1 is 1.50 bits per heavy atom. The van der Waals surface area contributed by atoms with Gasteiger partial charge in [-0.2, -0.15) is 0 Å². The molecule has 5 nitrogen and oxygen atoms in total. The quantitative estimate of drug-likeness (QED) is 0.324. The van der Waals surface area contributed by atoms with Crippen LogP contribution in [0.5, 0.6) is 0 Å². The summed E-state index contributed by atoms with van der Waals surface area (Å²) in [6, 6.07) is 0. The van der Waals surface area contributed by atoms with E-state index in [0.29, 0.717) is 18.4 Å². The molecule has 0 aliphatic rings. The number of ether oxygens (including phenoxy) is 1. The minimum atomic E-state index is -2.55. The minimum absolute atomic E-state index is 0.166. The van der Waals surface area contributed by atoms with E-state index in [1.165, 1.54) is 0 Å². The van der Waals surface area contributed by atoms with Crippen molar-refractivity contribution < 1.29 is 23.5 Å². The number of carbonyl (C=O) groups excluding carboxylic acids is 1. The van der Waals surface area contributed by atoms with E-state index in [9.17, 15) is 9.36 Å². The molecule has 0 rings (SSSR count). The molecule has 0 amide bonds. The molecule has 16 heavy (non-hydrogen) atoms. The van der Waals surface area contributed by atoms with Crippen LogP contribution in [0.4, 0.5) is 0 Å². The van der Waals surface area contributed by atoms with Gasteiger partial charge in [0.15, 0.2) is 0 Å². The molecule has 0 aliphatic carbocycles. The summed E-state index contributed by atoms with van der Waals surface area (Å²) in [5.74, 6) is -0.431. The monoisotopic (exact) mass is 249 g/mol. The average Bonchev–Trinajstić information content (AvgIpc) is 2.11. The molecule has 0 bridgehead atoms. The van der Waals surface area contributed by atoms with Crippen LogP contribution in [0.3, 0.4) is 0 Å². The van der Waals surface area contributed by atoms with Crippen molar-refractivity contribution in [3.8, 4) is 0 Å². The van der Waals surface area contributed by atoms with E-state index in [2.05, 4.69) is 11.1 Å². The standard InChI is InChI=1S/C10H17O5P/c1-8(2)9(11)15-10(3,4)6-5-7-14-16(12)13/h1,5-7H2,2-4H3/p+1. The van der Waals surface area contributed by atoms with Crippen LogP contribution in [0.2, 0.25) is 0 Å². The number of rotatable bonds is 7. The lowest BCUT2D eigenvalue weighted by Gasteiger charge is -2.24. The molecule has 0 radical (unpaired) electrons. The van der Waals surface area contributed by atoms with E-state index < -0.39 is 19.8 Å². The third kappa shape index (κ3) is 7.51. The van der Waals surface area contributed by atoms with E-state index in [-0.39, 0.29) is 6.61 Å². The van der Waals surface area contributed by atoms with E-state index in [4.69, 9.17) is 9.63 Å². The van der Waals surface area contributed by atoms with Crippen molar-refractivity contribution >= 4 is 14.2 Å². The molecule has 0 aromatic carbocycles. The fourth-order valence-corrected chi connectivity index (χ4v) is 1.31. The van der Waals surface area contributed by atoms with Gasteiger partial charge < -0.3 is 4.74 Å². The molecule has 6 heteroatoms. The lowest BCUT2D eigenvalue weighted by Crippen LogP contribution is -2.28. The highest BCUT2D eigenvalue weighted by molar-refractivity contribution is 7.32. The third-order valence-corrected chi connectivity index (χ3v) is 2.25. The topological polar surface area (TPSA) is 72.8 Å². The van der Waals surface area contributed by atoms with Gasteiger partial charge in [0.1, 0.15) is 12.2 Å². The zero-order chi connectivity index (χ0) is 12.8. The normalized spacial score (nSPS) is 12.1. The van der Waals surface area contributed by atoms with Crippen LogP contribution in [0.25, 0.3) is 0 Å². The van der Waals surface area contributed by atoms with Crippen LogP contribution in [-0.4, -0.2) is 23.1 Å². The summed E-state index contributed by atoms with van der Waals surface area (Å²) in [4.78, 5) is 19.6. The summed E-state index contributed by atoms with van der Waals surface area (Å²) in [5, 5.41) is 0. The molecule has 92 valence electrons. The molecular formula is C10H18O5P+. The van der Waals surface area contributed by atoms with E-state index in [0.717, 1.165) is 0 Å². The summed E-state index contributed by atoms with van der Waals surface area (Å²) in [5.41, 5.74) is -0.275. The van der Waals surface area contributed by atoms with Crippen molar-refractivity contribution in [2.45, 2.75) is 39.2 Å². The fraction of sp³-hybridized carbons (Fsp3) is 0.700. The largest absolute Gasteiger partial charge is 0.694 e. The Balaban J connectivity index is 3.91. The van der Waals surface area contributed by atoms with Crippen molar-refractivity contribution in [1.29, 1.82) is 0 Å². The Morgan fingerprint density at radius 2 is 2.06 bits per heavy atom. The zero-order valence-electron chi connectivity index (χ0n) is 9.86. The van der Waals surface area contributed by atoms with Crippen molar-refractivity contribution in [3.63, 3.8) is 0 Å². The molecule has 1 unspecified atom stereocenters. The van der Waals surface area contributed by atoms with Crippen LogP contribution in [0.1, 0.15) is 33.6 Å². The first-order chi connectivity index (χ1) is 7.24. The van der Waals surface area contributed by atoms with Gasteiger partial charge in [-0.25, -0.2) is 4.79 Å². The van der Waals surface area contributed by atoms with E-state index in [1.807, 2.05) is 0 Å². The van der Waals surface area contributed by atoms with Crippen LogP contribution < -0.4 is 0 Å². The zero-order valence-corrected chi connectivity index (χ0v) is 10.8. The second-order valence-electron chi connectivity index (χ2n) is 4.10. The second kappa shape index (κ2) is 6.74. The molecule has 1 N–H and O–H groups in total. The first-order valence-electron chi connectivity index (χ1n) is 4.92. The fourth-order valence-electron chi connectivity index (χ4n) is 1.03. The molecule has 0 aromatic heterocycles. The molecule has 0 saturated carbocycles. The Kier molecular flexibility index (Phi) is 6.41. The first kappa shape index (κ1) is 15.2. The number of hydrogen-bond donors (Lipinski definition) is 1. The highest BCUT2D eigenvalue weighted by Crippen LogP contribution is 2.21. The van der Waals surface area contributed by atoms with Crippen molar-refractivity contribution in [1.82, 2.24) is 0 Å². The first-order valence-corrected chi connectivity index (χ1v) is 6.05. The van der Waals surface area contributed by atoms with Gasteiger partial charge in [-0.15, -0.1) is 9.42 Å². The van der Waals surface area contributed by atoms with Crippen molar-refractivity contribution in [3.05, 3.63) is 12.2 Å². The lowest BCUT2D eigenvalue weighted by molar-refractivity contribution is -0.152. The van der Waals surface area contributed by atoms with Crippen LogP contribution >= 0.6 is 8.25 Å². The van der Waals surface area contributed by atoms with Gasteiger partial charge in [0.25, 0.3) is 0 Å². The van der Waals surface area contributed by atoms with Gasteiger partial charge in [0.05, 0.1) is 0 Å². The Bertz CT molecular complexity index is 285. The van der Waals surface area contributed by atoms with Crippen LogP contribution in [0.15, 0.2) is 12.2 Å². The maximum absolute atomic E-state index is 11.3. The van der Waals surface area contributed by atoms with Gasteiger partial charge in [-0.1, -0.05) is 6.58 Å². The molecule has 1 atom stereocenters. The van der Waals surface area contributed by atoms with Gasteiger partial charge in [-0.05, 0) is 33.6 Å². The lowest BCUT2D eigenvalue weighted by atomic mass is 10.0. The molecule has 0 aliphatic heterocycles. The maximum Gasteiger partial charge on any atom is 0.694 e. The summed E-state index contributed by atoms with van der Waals surface area (Å²) >= 11 is 0. The Hall–Kier alpha value is -0.770. The minimum Gasteiger partial charge on any atom is -0.456 e. The summed E-state index contributed by atoms with van der Waals surface area (Å²) in [7, 11) is -2.55. The van der Waals surface area contributed by atoms with E-state index >= 15 is 0 Å².